The van der Waals surface area contributed by atoms with Crippen LogP contribution in [0.4, 0.5) is 0 Å². The summed E-state index contributed by atoms with van der Waals surface area (Å²) in [5, 5.41) is 3.86. The summed E-state index contributed by atoms with van der Waals surface area (Å²) in [6.07, 6.45) is 1.98. The van der Waals surface area contributed by atoms with E-state index < -0.39 is 0 Å². The number of nitrogens with zero attached hydrogens (tertiary/aromatic N) is 1. The smallest absolute Gasteiger partial charge is 0.106 e. The molecule has 0 saturated carbocycles. The van der Waals surface area contributed by atoms with Gasteiger partial charge in [-0.15, -0.1) is 0 Å². The molecule has 1 aromatic rings. The first kappa shape index (κ1) is 9.78. The lowest BCUT2D eigenvalue weighted by Gasteiger charge is -1.99. The van der Waals surface area contributed by atoms with Crippen LogP contribution in [0.5, 0.6) is 0 Å². The van der Waals surface area contributed by atoms with Gasteiger partial charge in [0.05, 0.1) is 5.71 Å². The maximum Gasteiger partial charge on any atom is 0.106 e. The van der Waals surface area contributed by atoms with Crippen molar-refractivity contribution in [2.24, 2.45) is 5.16 Å². The molecule has 1 rings (SSSR count). The lowest BCUT2D eigenvalue weighted by atomic mass is 10.1. The fourth-order valence-electron chi connectivity index (χ4n) is 1.17. The van der Waals surface area contributed by atoms with E-state index in [1.807, 2.05) is 13.0 Å². The standard InChI is InChI=1S/C11H15NO/c1-10(12-13-2)8-9-11-6-4-3-5-7-11/h3-7H,8-9H2,1-2H3. The molecule has 0 amide bonds. The van der Waals surface area contributed by atoms with Crippen LogP contribution < -0.4 is 0 Å². The minimum absolute atomic E-state index is 0.956. The maximum absolute atomic E-state index is 4.68. The number of aryl methyl sites for hydroxylation is 1. The van der Waals surface area contributed by atoms with Gasteiger partial charge in [-0.1, -0.05) is 35.5 Å². The Morgan fingerprint density at radius 1 is 1.31 bits per heavy atom. The molecule has 0 saturated heterocycles. The molecule has 0 N–H and O–H groups in total. The molecule has 0 aromatic heterocycles. The van der Waals surface area contributed by atoms with Gasteiger partial charge in [0.25, 0.3) is 0 Å². The number of benzene rings is 1. The minimum Gasteiger partial charge on any atom is -0.399 e. The largest absolute Gasteiger partial charge is 0.399 e. The molecule has 0 fully saturated rings. The Morgan fingerprint density at radius 3 is 2.62 bits per heavy atom. The van der Waals surface area contributed by atoms with Gasteiger partial charge in [0.15, 0.2) is 0 Å². The fourth-order valence-corrected chi connectivity index (χ4v) is 1.17. The number of oxime groups is 1. The Hall–Kier alpha value is -1.31. The van der Waals surface area contributed by atoms with E-state index in [1.54, 1.807) is 7.11 Å². The van der Waals surface area contributed by atoms with Crippen LogP contribution in [-0.4, -0.2) is 12.8 Å². The van der Waals surface area contributed by atoms with Gasteiger partial charge in [-0.25, -0.2) is 0 Å². The van der Waals surface area contributed by atoms with Crippen LogP contribution in [0.15, 0.2) is 35.5 Å². The van der Waals surface area contributed by atoms with Gasteiger partial charge < -0.3 is 4.84 Å². The third-order valence-corrected chi connectivity index (χ3v) is 1.87. The van der Waals surface area contributed by atoms with Crippen molar-refractivity contribution in [2.45, 2.75) is 19.8 Å². The molecule has 0 bridgehead atoms. The van der Waals surface area contributed by atoms with Crippen molar-refractivity contribution < 1.29 is 4.84 Å². The van der Waals surface area contributed by atoms with Crippen molar-refractivity contribution in [3.8, 4) is 0 Å². The highest BCUT2D eigenvalue weighted by molar-refractivity contribution is 5.81. The Balaban J connectivity index is 2.39. The van der Waals surface area contributed by atoms with Gasteiger partial charge in [0.2, 0.25) is 0 Å². The average Bonchev–Trinajstić information content (AvgIpc) is 2.17. The van der Waals surface area contributed by atoms with E-state index in [2.05, 4.69) is 34.3 Å². The van der Waals surface area contributed by atoms with Crippen LogP contribution in [0.1, 0.15) is 18.9 Å². The molecule has 0 spiro atoms. The van der Waals surface area contributed by atoms with Crippen molar-refractivity contribution in [1.29, 1.82) is 0 Å². The molecule has 0 heterocycles. The van der Waals surface area contributed by atoms with Crippen LogP contribution in [-0.2, 0) is 11.3 Å². The van der Waals surface area contributed by atoms with E-state index in [0.717, 1.165) is 18.6 Å². The molecule has 2 nitrogen and oxygen atoms in total. The van der Waals surface area contributed by atoms with Crippen molar-refractivity contribution >= 4 is 5.71 Å². The maximum atomic E-state index is 4.68. The summed E-state index contributed by atoms with van der Waals surface area (Å²) < 4.78 is 0. The van der Waals surface area contributed by atoms with Crippen LogP contribution >= 0.6 is 0 Å². The Labute approximate surface area is 79.2 Å². The molecule has 0 aliphatic rings. The van der Waals surface area contributed by atoms with Gasteiger partial charge in [0, 0.05) is 0 Å². The molecule has 0 unspecified atom stereocenters. The van der Waals surface area contributed by atoms with E-state index in [1.165, 1.54) is 5.56 Å². The second kappa shape index (κ2) is 5.36. The van der Waals surface area contributed by atoms with Crippen LogP contribution in [0.2, 0.25) is 0 Å². The summed E-state index contributed by atoms with van der Waals surface area (Å²) in [7, 11) is 1.58. The molecule has 13 heavy (non-hydrogen) atoms. The molecular weight excluding hydrogens is 162 g/mol. The van der Waals surface area contributed by atoms with Crippen LogP contribution in [0, 0.1) is 0 Å². The lowest BCUT2D eigenvalue weighted by Crippen LogP contribution is -1.95. The second-order valence-corrected chi connectivity index (χ2v) is 2.99. The monoisotopic (exact) mass is 177 g/mol. The van der Waals surface area contributed by atoms with Crippen molar-refractivity contribution in [1.82, 2.24) is 0 Å². The highest BCUT2D eigenvalue weighted by atomic mass is 16.6. The van der Waals surface area contributed by atoms with E-state index >= 15 is 0 Å². The molecule has 1 aromatic carbocycles. The zero-order chi connectivity index (χ0) is 9.52. The number of hydrogen-bond donors (Lipinski definition) is 0. The van der Waals surface area contributed by atoms with E-state index in [4.69, 9.17) is 0 Å². The predicted octanol–water partition coefficient (Wildman–Crippen LogP) is 2.64. The van der Waals surface area contributed by atoms with E-state index in [9.17, 15) is 0 Å². The summed E-state index contributed by atoms with van der Waals surface area (Å²) in [6.45, 7) is 1.98. The van der Waals surface area contributed by atoms with Crippen molar-refractivity contribution in [3.63, 3.8) is 0 Å². The number of rotatable bonds is 4. The van der Waals surface area contributed by atoms with Gasteiger partial charge in [0.1, 0.15) is 7.11 Å². The van der Waals surface area contributed by atoms with Gasteiger partial charge >= 0.3 is 0 Å². The first-order valence-electron chi connectivity index (χ1n) is 4.43. The topological polar surface area (TPSA) is 21.6 Å². The zero-order valence-electron chi connectivity index (χ0n) is 8.16. The molecule has 0 atom stereocenters. The summed E-state index contributed by atoms with van der Waals surface area (Å²) in [4.78, 5) is 4.68. The van der Waals surface area contributed by atoms with Gasteiger partial charge in [-0.2, -0.15) is 0 Å². The third kappa shape index (κ3) is 3.74. The van der Waals surface area contributed by atoms with Crippen molar-refractivity contribution in [2.75, 3.05) is 7.11 Å². The second-order valence-electron chi connectivity index (χ2n) is 2.99. The Kier molecular flexibility index (Phi) is 4.03. The fraction of sp³-hybridized carbons (Fsp3) is 0.364. The molecule has 0 aliphatic heterocycles. The summed E-state index contributed by atoms with van der Waals surface area (Å²) in [5.41, 5.74) is 2.37. The van der Waals surface area contributed by atoms with Gasteiger partial charge in [-0.3, -0.25) is 0 Å². The summed E-state index contributed by atoms with van der Waals surface area (Å²) in [5.74, 6) is 0. The SMILES string of the molecule is CON=C(C)CCc1ccccc1. The highest BCUT2D eigenvalue weighted by Crippen LogP contribution is 2.03. The molecular formula is C11H15NO. The average molecular weight is 177 g/mol. The molecule has 0 radical (unpaired) electrons. The summed E-state index contributed by atoms with van der Waals surface area (Å²) >= 11 is 0. The van der Waals surface area contributed by atoms with Crippen molar-refractivity contribution in [3.05, 3.63) is 35.9 Å². The Bertz CT molecular complexity index is 267. The quantitative estimate of drug-likeness (QED) is 0.511. The van der Waals surface area contributed by atoms with Crippen LogP contribution in [0.25, 0.3) is 0 Å². The third-order valence-electron chi connectivity index (χ3n) is 1.87. The number of hydrogen-bond acceptors (Lipinski definition) is 2. The van der Waals surface area contributed by atoms with Crippen LogP contribution in [0.3, 0.4) is 0 Å². The normalized spacial score (nSPS) is 11.4. The zero-order valence-corrected chi connectivity index (χ0v) is 8.16. The molecule has 0 aliphatic carbocycles. The minimum atomic E-state index is 0.956. The van der Waals surface area contributed by atoms with Gasteiger partial charge in [-0.05, 0) is 25.3 Å². The lowest BCUT2D eigenvalue weighted by molar-refractivity contribution is 0.212. The Morgan fingerprint density at radius 2 is 2.00 bits per heavy atom. The molecule has 70 valence electrons. The van der Waals surface area contributed by atoms with E-state index in [0.29, 0.717) is 0 Å². The van der Waals surface area contributed by atoms with E-state index in [-0.39, 0.29) is 0 Å². The molecule has 2 heteroatoms. The highest BCUT2D eigenvalue weighted by Gasteiger charge is 1.94. The predicted molar refractivity (Wildman–Crippen MR) is 54.9 cm³/mol. The first-order valence-corrected chi connectivity index (χ1v) is 4.43. The first-order chi connectivity index (χ1) is 6.33. The summed E-state index contributed by atoms with van der Waals surface area (Å²) in [6, 6.07) is 10.4.